The molecule has 1 atom stereocenters. The summed E-state index contributed by atoms with van der Waals surface area (Å²) in [6.07, 6.45) is 1.55. The van der Waals surface area contributed by atoms with Crippen LogP contribution in [0.5, 0.6) is 0 Å². The molecule has 0 spiro atoms. The minimum absolute atomic E-state index is 0.387. The largest absolute Gasteiger partial charge is 0.772 e. The van der Waals surface area contributed by atoms with E-state index in [1.54, 1.807) is 0 Å². The average Bonchev–Trinajstić information content (AvgIpc) is 1.57. The molecule has 1 aliphatic rings. The second-order valence-corrected chi connectivity index (χ2v) is 3.70. The van der Waals surface area contributed by atoms with E-state index >= 15 is 0 Å². The van der Waals surface area contributed by atoms with E-state index in [9.17, 15) is 13.6 Å². The molecule has 0 aliphatic heterocycles. The monoisotopic (exact) mass is 162 g/mol. The number of hydrogen-bond acceptors (Lipinski definition) is 3. The minimum atomic E-state index is -2.34. The van der Waals surface area contributed by atoms with E-state index in [1.807, 2.05) is 0 Å². The lowest BCUT2D eigenvalue weighted by Gasteiger charge is -2.40. The highest BCUT2D eigenvalue weighted by molar-refractivity contribution is 7.81. The molecule has 10 heavy (non-hydrogen) atoms. The SMILES string of the molecule is NC(=O)C1(S(=O)[O-])CCC1. The van der Waals surface area contributed by atoms with Crippen LogP contribution in [0.15, 0.2) is 0 Å². The fraction of sp³-hybridized carbons (Fsp3) is 0.800. The van der Waals surface area contributed by atoms with Crippen LogP contribution in [0.2, 0.25) is 0 Å². The average molecular weight is 162 g/mol. The lowest BCUT2D eigenvalue weighted by Crippen LogP contribution is -2.52. The molecule has 1 aliphatic carbocycles. The molecule has 1 unspecified atom stereocenters. The van der Waals surface area contributed by atoms with Crippen LogP contribution in [-0.2, 0) is 15.9 Å². The van der Waals surface area contributed by atoms with Crippen LogP contribution in [0.25, 0.3) is 0 Å². The minimum Gasteiger partial charge on any atom is -0.772 e. The molecule has 0 radical (unpaired) electrons. The van der Waals surface area contributed by atoms with Crippen LogP contribution in [0.4, 0.5) is 0 Å². The second kappa shape index (κ2) is 2.32. The first-order valence-electron chi connectivity index (χ1n) is 2.99. The van der Waals surface area contributed by atoms with Gasteiger partial charge in [-0.2, -0.15) is 0 Å². The van der Waals surface area contributed by atoms with Gasteiger partial charge in [0.05, 0.1) is 0 Å². The maximum Gasteiger partial charge on any atom is 0.235 e. The Kier molecular flexibility index (Phi) is 1.78. The van der Waals surface area contributed by atoms with E-state index in [0.717, 1.165) is 6.42 Å². The number of carbonyl (C=O) groups is 1. The highest BCUT2D eigenvalue weighted by atomic mass is 32.2. The highest BCUT2D eigenvalue weighted by Gasteiger charge is 2.44. The Bertz CT molecular complexity index is 171. The van der Waals surface area contributed by atoms with Crippen molar-refractivity contribution in [3.8, 4) is 0 Å². The number of hydrogen-bond donors (Lipinski definition) is 1. The van der Waals surface area contributed by atoms with Crippen LogP contribution in [0.1, 0.15) is 19.3 Å². The van der Waals surface area contributed by atoms with Gasteiger partial charge in [-0.25, -0.2) is 0 Å². The normalized spacial score (nSPS) is 24.9. The molecule has 0 heterocycles. The maximum atomic E-state index is 10.6. The molecule has 5 heteroatoms. The zero-order valence-electron chi connectivity index (χ0n) is 5.33. The predicted molar refractivity (Wildman–Crippen MR) is 34.7 cm³/mol. The molecule has 0 aromatic rings. The van der Waals surface area contributed by atoms with Gasteiger partial charge in [0.25, 0.3) is 0 Å². The van der Waals surface area contributed by atoms with Crippen LogP contribution >= 0.6 is 0 Å². The van der Waals surface area contributed by atoms with E-state index < -0.39 is 21.7 Å². The van der Waals surface area contributed by atoms with E-state index in [-0.39, 0.29) is 0 Å². The molecule has 0 saturated heterocycles. The number of primary amides is 1. The van der Waals surface area contributed by atoms with Crippen molar-refractivity contribution in [3.63, 3.8) is 0 Å². The van der Waals surface area contributed by atoms with E-state index in [4.69, 9.17) is 5.73 Å². The summed E-state index contributed by atoms with van der Waals surface area (Å²) >= 11 is -2.34. The summed E-state index contributed by atoms with van der Waals surface area (Å²) in [6.45, 7) is 0. The molecular formula is C5H8NO3S-. The first kappa shape index (κ1) is 7.68. The van der Waals surface area contributed by atoms with Gasteiger partial charge < -0.3 is 10.3 Å². The Morgan fingerprint density at radius 1 is 1.60 bits per heavy atom. The summed E-state index contributed by atoms with van der Waals surface area (Å²) in [5.41, 5.74) is 4.90. The Balaban J connectivity index is 2.78. The smallest absolute Gasteiger partial charge is 0.235 e. The summed E-state index contributed by atoms with van der Waals surface area (Å²) in [5, 5.41) is 0. The van der Waals surface area contributed by atoms with Gasteiger partial charge in [0.1, 0.15) is 4.75 Å². The Morgan fingerprint density at radius 2 is 2.10 bits per heavy atom. The van der Waals surface area contributed by atoms with E-state index in [1.165, 1.54) is 0 Å². The van der Waals surface area contributed by atoms with Crippen molar-refractivity contribution in [2.45, 2.75) is 24.0 Å². The van der Waals surface area contributed by atoms with Crippen LogP contribution in [-0.4, -0.2) is 19.4 Å². The quantitative estimate of drug-likeness (QED) is 0.543. The number of rotatable bonds is 2. The molecule has 0 bridgehead atoms. The third-order valence-corrected chi connectivity index (χ3v) is 3.18. The molecular weight excluding hydrogens is 154 g/mol. The molecule has 58 valence electrons. The van der Waals surface area contributed by atoms with Crippen molar-refractivity contribution in [2.24, 2.45) is 5.73 Å². The molecule has 4 nitrogen and oxygen atoms in total. The summed E-state index contributed by atoms with van der Waals surface area (Å²) in [7, 11) is 0. The molecule has 1 fully saturated rings. The van der Waals surface area contributed by atoms with Crippen molar-refractivity contribution in [1.82, 2.24) is 0 Å². The Hall–Kier alpha value is -0.420. The van der Waals surface area contributed by atoms with Crippen LogP contribution in [0, 0.1) is 0 Å². The van der Waals surface area contributed by atoms with Gasteiger partial charge in [-0.15, -0.1) is 0 Å². The number of carbonyl (C=O) groups excluding carboxylic acids is 1. The molecule has 1 rings (SSSR count). The zero-order valence-corrected chi connectivity index (χ0v) is 6.15. The van der Waals surface area contributed by atoms with Crippen molar-refractivity contribution in [1.29, 1.82) is 0 Å². The summed E-state index contributed by atoms with van der Waals surface area (Å²) in [6, 6.07) is 0. The van der Waals surface area contributed by atoms with Gasteiger partial charge in [-0.1, -0.05) is 0 Å². The van der Waals surface area contributed by atoms with Crippen LogP contribution < -0.4 is 5.73 Å². The summed E-state index contributed by atoms with van der Waals surface area (Å²) in [4.78, 5) is 10.6. The zero-order chi connectivity index (χ0) is 7.78. The lowest BCUT2D eigenvalue weighted by atomic mass is 9.84. The fourth-order valence-electron chi connectivity index (χ4n) is 0.993. The van der Waals surface area contributed by atoms with Gasteiger partial charge in [0, 0.05) is 0 Å². The molecule has 1 amide bonds. The Morgan fingerprint density at radius 3 is 2.10 bits per heavy atom. The molecule has 0 aromatic carbocycles. The lowest BCUT2D eigenvalue weighted by molar-refractivity contribution is -0.122. The highest BCUT2D eigenvalue weighted by Crippen LogP contribution is 2.36. The van der Waals surface area contributed by atoms with Crippen molar-refractivity contribution < 1.29 is 13.6 Å². The topological polar surface area (TPSA) is 83.2 Å². The summed E-state index contributed by atoms with van der Waals surface area (Å²) < 4.78 is 19.7. The number of nitrogens with two attached hydrogens (primary N) is 1. The predicted octanol–water partition coefficient (Wildman–Crippen LogP) is -0.727. The molecule has 0 aromatic heterocycles. The van der Waals surface area contributed by atoms with Crippen LogP contribution in [0.3, 0.4) is 0 Å². The van der Waals surface area contributed by atoms with Gasteiger partial charge in [-0.3, -0.25) is 9.00 Å². The maximum absolute atomic E-state index is 10.6. The third kappa shape index (κ3) is 0.856. The number of amides is 1. The second-order valence-electron chi connectivity index (χ2n) is 2.45. The summed E-state index contributed by atoms with van der Waals surface area (Å²) in [5.74, 6) is -0.716. The third-order valence-electron chi connectivity index (χ3n) is 1.93. The van der Waals surface area contributed by atoms with Gasteiger partial charge in [0.2, 0.25) is 5.91 Å². The first-order chi connectivity index (χ1) is 4.59. The van der Waals surface area contributed by atoms with E-state index in [0.29, 0.717) is 12.8 Å². The molecule has 2 N–H and O–H groups in total. The van der Waals surface area contributed by atoms with Crippen molar-refractivity contribution >= 4 is 17.0 Å². The Labute approximate surface area is 61.1 Å². The molecule has 1 saturated carbocycles. The van der Waals surface area contributed by atoms with Gasteiger partial charge in [-0.05, 0) is 30.3 Å². The fourth-order valence-corrected chi connectivity index (χ4v) is 1.78. The van der Waals surface area contributed by atoms with Crippen molar-refractivity contribution in [2.75, 3.05) is 0 Å². The van der Waals surface area contributed by atoms with Gasteiger partial charge >= 0.3 is 0 Å². The first-order valence-corrected chi connectivity index (χ1v) is 4.06. The van der Waals surface area contributed by atoms with Gasteiger partial charge in [0.15, 0.2) is 0 Å². The van der Waals surface area contributed by atoms with E-state index in [2.05, 4.69) is 0 Å². The van der Waals surface area contributed by atoms with Crippen molar-refractivity contribution in [3.05, 3.63) is 0 Å². The standard InChI is InChI=1S/C5H9NO3S/c6-4(7)5(10(8)9)2-1-3-5/h1-3H2,(H2,6,7)(H,8,9)/p-1.